The van der Waals surface area contributed by atoms with Gasteiger partial charge in [0.15, 0.2) is 0 Å². The highest BCUT2D eigenvalue weighted by Gasteiger charge is 2.17. The molecule has 1 rings (SSSR count). The van der Waals surface area contributed by atoms with Crippen LogP contribution in [0.4, 0.5) is 10.5 Å². The molecule has 1 aromatic carbocycles. The second-order valence-corrected chi connectivity index (χ2v) is 3.59. The third-order valence-electron chi connectivity index (χ3n) is 1.92. The topological polar surface area (TPSA) is 61.8 Å². The lowest BCUT2D eigenvalue weighted by Gasteiger charge is -2.19. The third kappa shape index (κ3) is 2.87. The van der Waals surface area contributed by atoms with Gasteiger partial charge in [-0.15, -0.1) is 0 Å². The van der Waals surface area contributed by atoms with Gasteiger partial charge in [0.05, 0.1) is 7.11 Å². The van der Waals surface area contributed by atoms with E-state index in [2.05, 4.69) is 5.32 Å². The highest BCUT2D eigenvalue weighted by Crippen LogP contribution is 2.26. The fourth-order valence-electron chi connectivity index (χ4n) is 1.22. The number of hydrogen-bond donors (Lipinski definition) is 2. The molecule has 0 saturated heterocycles. The van der Waals surface area contributed by atoms with E-state index in [0.29, 0.717) is 16.5 Å². The van der Waals surface area contributed by atoms with Crippen molar-refractivity contribution in [2.45, 2.75) is 19.9 Å². The van der Waals surface area contributed by atoms with Crippen LogP contribution in [-0.4, -0.2) is 24.4 Å². The molecule has 0 unspecified atom stereocenters. The van der Waals surface area contributed by atoms with Gasteiger partial charge < -0.3 is 10.1 Å². The standard InChI is InChI=1S/C11H16N2O3/c1-8(2)12-11(14)13(15)9-6-4-5-7-10(9)16-3/h4-8,15H,1-3H3,(H,12,14). The maximum atomic E-state index is 11.5. The van der Waals surface area contributed by atoms with Crippen molar-refractivity contribution in [3.05, 3.63) is 24.3 Å². The predicted octanol–water partition coefficient (Wildman–Crippen LogP) is 2.01. The zero-order valence-electron chi connectivity index (χ0n) is 9.60. The predicted molar refractivity (Wildman–Crippen MR) is 60.9 cm³/mol. The number of rotatable bonds is 3. The van der Waals surface area contributed by atoms with E-state index in [1.807, 2.05) is 13.8 Å². The molecule has 0 aliphatic heterocycles. The van der Waals surface area contributed by atoms with E-state index in [1.165, 1.54) is 7.11 Å². The van der Waals surface area contributed by atoms with E-state index in [1.54, 1.807) is 24.3 Å². The molecule has 0 spiro atoms. The Morgan fingerprint density at radius 1 is 1.44 bits per heavy atom. The summed E-state index contributed by atoms with van der Waals surface area (Å²) in [6.07, 6.45) is 0. The number of carbonyl (C=O) groups excluding carboxylic acids is 1. The minimum atomic E-state index is -0.584. The van der Waals surface area contributed by atoms with Gasteiger partial charge in [0.2, 0.25) is 0 Å². The fraction of sp³-hybridized carbons (Fsp3) is 0.364. The van der Waals surface area contributed by atoms with Crippen molar-refractivity contribution in [1.82, 2.24) is 5.32 Å². The Bertz CT molecular complexity index is 366. The van der Waals surface area contributed by atoms with Gasteiger partial charge in [-0.3, -0.25) is 5.21 Å². The Labute approximate surface area is 94.6 Å². The average molecular weight is 224 g/mol. The van der Waals surface area contributed by atoms with Gasteiger partial charge in [-0.25, -0.2) is 4.79 Å². The van der Waals surface area contributed by atoms with Crippen molar-refractivity contribution in [3.63, 3.8) is 0 Å². The molecule has 16 heavy (non-hydrogen) atoms. The first-order valence-corrected chi connectivity index (χ1v) is 4.98. The van der Waals surface area contributed by atoms with Crippen molar-refractivity contribution >= 4 is 11.7 Å². The maximum Gasteiger partial charge on any atom is 0.346 e. The summed E-state index contributed by atoms with van der Waals surface area (Å²) >= 11 is 0. The minimum absolute atomic E-state index is 0.0446. The number of para-hydroxylation sites is 2. The molecule has 0 aliphatic carbocycles. The zero-order chi connectivity index (χ0) is 12.1. The number of hydrogen-bond acceptors (Lipinski definition) is 3. The summed E-state index contributed by atoms with van der Waals surface area (Å²) in [6.45, 7) is 3.63. The van der Waals surface area contributed by atoms with Crippen LogP contribution in [0.1, 0.15) is 13.8 Å². The van der Waals surface area contributed by atoms with E-state index in [-0.39, 0.29) is 6.04 Å². The van der Waals surface area contributed by atoms with Crippen LogP contribution in [0.2, 0.25) is 0 Å². The summed E-state index contributed by atoms with van der Waals surface area (Å²) < 4.78 is 5.04. The number of amides is 2. The molecule has 0 atom stereocenters. The fourth-order valence-corrected chi connectivity index (χ4v) is 1.22. The molecule has 1 aromatic rings. The van der Waals surface area contributed by atoms with Gasteiger partial charge in [-0.1, -0.05) is 12.1 Å². The molecule has 88 valence electrons. The molecule has 0 aliphatic rings. The van der Waals surface area contributed by atoms with Crippen LogP contribution in [-0.2, 0) is 0 Å². The lowest BCUT2D eigenvalue weighted by atomic mass is 10.3. The molecular formula is C11H16N2O3. The number of methoxy groups -OCH3 is 1. The number of urea groups is 1. The summed E-state index contributed by atoms with van der Waals surface area (Å²) in [5.41, 5.74) is 0.308. The number of hydroxylamine groups is 1. The highest BCUT2D eigenvalue weighted by molar-refractivity contribution is 5.91. The van der Waals surface area contributed by atoms with Crippen LogP contribution in [0, 0.1) is 0 Å². The SMILES string of the molecule is COc1ccccc1N(O)C(=O)NC(C)C. The number of nitrogens with zero attached hydrogens (tertiary/aromatic N) is 1. The van der Waals surface area contributed by atoms with E-state index >= 15 is 0 Å². The molecule has 0 fully saturated rings. The Morgan fingerprint density at radius 2 is 2.06 bits per heavy atom. The molecule has 0 saturated carbocycles. The maximum absolute atomic E-state index is 11.5. The van der Waals surface area contributed by atoms with E-state index in [9.17, 15) is 10.0 Å². The minimum Gasteiger partial charge on any atom is -0.494 e. The van der Waals surface area contributed by atoms with Gasteiger partial charge >= 0.3 is 6.03 Å². The first kappa shape index (κ1) is 12.3. The van der Waals surface area contributed by atoms with E-state index < -0.39 is 6.03 Å². The van der Waals surface area contributed by atoms with Crippen molar-refractivity contribution in [3.8, 4) is 5.75 Å². The first-order chi connectivity index (χ1) is 7.56. The summed E-state index contributed by atoms with van der Waals surface area (Å²) in [4.78, 5) is 11.5. The Morgan fingerprint density at radius 3 is 2.62 bits per heavy atom. The number of ether oxygens (including phenoxy) is 1. The van der Waals surface area contributed by atoms with Crippen molar-refractivity contribution in [2.75, 3.05) is 12.2 Å². The summed E-state index contributed by atoms with van der Waals surface area (Å²) in [6, 6.07) is 6.11. The van der Waals surface area contributed by atoms with Crippen LogP contribution in [0.25, 0.3) is 0 Å². The monoisotopic (exact) mass is 224 g/mol. The van der Waals surface area contributed by atoms with Gasteiger partial charge in [-0.2, -0.15) is 5.06 Å². The molecule has 2 amide bonds. The smallest absolute Gasteiger partial charge is 0.346 e. The number of anilines is 1. The summed E-state index contributed by atoms with van der Waals surface area (Å²) in [5, 5.41) is 12.8. The zero-order valence-corrected chi connectivity index (χ0v) is 9.60. The van der Waals surface area contributed by atoms with Crippen molar-refractivity contribution in [2.24, 2.45) is 0 Å². The van der Waals surface area contributed by atoms with E-state index in [4.69, 9.17) is 4.74 Å². The normalized spacial score (nSPS) is 10.1. The Kier molecular flexibility index (Phi) is 4.13. The average Bonchev–Trinajstić information content (AvgIpc) is 2.27. The van der Waals surface area contributed by atoms with Crippen LogP contribution >= 0.6 is 0 Å². The van der Waals surface area contributed by atoms with Gasteiger partial charge in [0.1, 0.15) is 11.4 Å². The molecule has 5 nitrogen and oxygen atoms in total. The number of nitrogens with one attached hydrogen (secondary N) is 1. The quantitative estimate of drug-likeness (QED) is 0.609. The lowest BCUT2D eigenvalue weighted by Crippen LogP contribution is -2.41. The number of benzene rings is 1. The van der Waals surface area contributed by atoms with Crippen LogP contribution in [0.3, 0.4) is 0 Å². The van der Waals surface area contributed by atoms with Gasteiger partial charge in [-0.05, 0) is 26.0 Å². The van der Waals surface area contributed by atoms with Crippen LogP contribution < -0.4 is 15.1 Å². The molecule has 5 heteroatoms. The molecule has 0 aromatic heterocycles. The second kappa shape index (κ2) is 5.37. The largest absolute Gasteiger partial charge is 0.494 e. The van der Waals surface area contributed by atoms with Gasteiger partial charge in [0, 0.05) is 6.04 Å². The van der Waals surface area contributed by atoms with Crippen molar-refractivity contribution < 1.29 is 14.7 Å². The van der Waals surface area contributed by atoms with Crippen LogP contribution in [0.5, 0.6) is 5.75 Å². The third-order valence-corrected chi connectivity index (χ3v) is 1.92. The summed E-state index contributed by atoms with van der Waals surface area (Å²) in [7, 11) is 1.48. The summed E-state index contributed by atoms with van der Waals surface area (Å²) in [5.74, 6) is 0.434. The highest BCUT2D eigenvalue weighted by atomic mass is 16.5. The van der Waals surface area contributed by atoms with Crippen molar-refractivity contribution in [1.29, 1.82) is 0 Å². The number of carbonyl (C=O) groups is 1. The molecular weight excluding hydrogens is 208 g/mol. The lowest BCUT2D eigenvalue weighted by molar-refractivity contribution is 0.201. The molecule has 0 radical (unpaired) electrons. The van der Waals surface area contributed by atoms with Gasteiger partial charge in [0.25, 0.3) is 0 Å². The Hall–Kier alpha value is -1.75. The molecule has 0 heterocycles. The second-order valence-electron chi connectivity index (χ2n) is 3.59. The molecule has 0 bridgehead atoms. The first-order valence-electron chi connectivity index (χ1n) is 4.98. The Balaban J connectivity index is 2.87. The molecule has 2 N–H and O–H groups in total. The van der Waals surface area contributed by atoms with Crippen LogP contribution in [0.15, 0.2) is 24.3 Å². The van der Waals surface area contributed by atoms with E-state index in [0.717, 1.165) is 0 Å².